The second-order valence-corrected chi connectivity index (χ2v) is 3.62. The number of aliphatic hydroxyl groups is 2. The van der Waals surface area contributed by atoms with Crippen molar-refractivity contribution in [1.82, 2.24) is 10.6 Å². The van der Waals surface area contributed by atoms with Crippen LogP contribution in [-0.4, -0.2) is 48.5 Å². The van der Waals surface area contributed by atoms with E-state index in [1.54, 1.807) is 0 Å². The van der Waals surface area contributed by atoms with E-state index in [2.05, 4.69) is 10.6 Å². The molecule has 2 unspecified atom stereocenters. The summed E-state index contributed by atoms with van der Waals surface area (Å²) in [6.45, 7) is 1.50. The van der Waals surface area contributed by atoms with Crippen molar-refractivity contribution in [3.05, 3.63) is 0 Å². The predicted octanol–water partition coefficient (Wildman–Crippen LogP) is -1.54. The normalized spacial score (nSPS) is 24.3. The summed E-state index contributed by atoms with van der Waals surface area (Å²) in [6, 6.07) is 0. The van der Waals surface area contributed by atoms with Crippen molar-refractivity contribution in [2.24, 2.45) is 5.92 Å². The van der Waals surface area contributed by atoms with Gasteiger partial charge in [-0.05, 0) is 19.4 Å². The zero-order chi connectivity index (χ0) is 10.4. The van der Waals surface area contributed by atoms with Crippen molar-refractivity contribution in [3.8, 4) is 0 Å². The quantitative estimate of drug-likeness (QED) is 0.445. The lowest BCUT2D eigenvalue weighted by Crippen LogP contribution is -2.43. The average molecular weight is 202 g/mol. The van der Waals surface area contributed by atoms with E-state index in [1.807, 2.05) is 0 Å². The molecule has 1 aliphatic rings. The van der Waals surface area contributed by atoms with Crippen LogP contribution in [0.4, 0.5) is 0 Å². The van der Waals surface area contributed by atoms with Crippen molar-refractivity contribution in [1.29, 1.82) is 0 Å². The molecule has 0 aliphatic carbocycles. The van der Waals surface area contributed by atoms with Gasteiger partial charge in [0.05, 0.1) is 18.6 Å². The molecule has 1 fully saturated rings. The van der Waals surface area contributed by atoms with E-state index in [-0.39, 0.29) is 25.0 Å². The SMILES string of the molecule is O=C(NCC(O)CO)C1CCCNC1. The third-order valence-electron chi connectivity index (χ3n) is 2.39. The zero-order valence-electron chi connectivity index (χ0n) is 8.20. The molecule has 5 nitrogen and oxygen atoms in total. The first-order valence-electron chi connectivity index (χ1n) is 5.01. The van der Waals surface area contributed by atoms with Gasteiger partial charge in [0.2, 0.25) is 5.91 Å². The highest BCUT2D eigenvalue weighted by Crippen LogP contribution is 2.09. The van der Waals surface area contributed by atoms with Gasteiger partial charge in [-0.1, -0.05) is 0 Å². The lowest BCUT2D eigenvalue weighted by molar-refractivity contribution is -0.126. The average Bonchev–Trinajstić information content (AvgIpc) is 2.26. The van der Waals surface area contributed by atoms with Crippen LogP contribution in [0.15, 0.2) is 0 Å². The Morgan fingerprint density at radius 2 is 2.43 bits per heavy atom. The summed E-state index contributed by atoms with van der Waals surface area (Å²) in [7, 11) is 0. The maximum absolute atomic E-state index is 11.5. The smallest absolute Gasteiger partial charge is 0.224 e. The van der Waals surface area contributed by atoms with Gasteiger partial charge < -0.3 is 20.8 Å². The molecule has 1 amide bonds. The largest absolute Gasteiger partial charge is 0.394 e. The first-order chi connectivity index (χ1) is 6.74. The molecule has 2 atom stereocenters. The Morgan fingerprint density at radius 1 is 1.64 bits per heavy atom. The zero-order valence-corrected chi connectivity index (χ0v) is 8.20. The summed E-state index contributed by atoms with van der Waals surface area (Å²) in [6.07, 6.45) is 1.06. The third-order valence-corrected chi connectivity index (χ3v) is 2.39. The molecule has 0 radical (unpaired) electrons. The van der Waals surface area contributed by atoms with E-state index < -0.39 is 6.10 Å². The monoisotopic (exact) mass is 202 g/mol. The fraction of sp³-hybridized carbons (Fsp3) is 0.889. The van der Waals surface area contributed by atoms with E-state index in [0.29, 0.717) is 6.54 Å². The van der Waals surface area contributed by atoms with Crippen molar-refractivity contribution in [2.45, 2.75) is 18.9 Å². The summed E-state index contributed by atoms with van der Waals surface area (Å²) in [5.74, 6) is -0.0284. The van der Waals surface area contributed by atoms with Gasteiger partial charge in [-0.2, -0.15) is 0 Å². The number of amides is 1. The molecule has 0 aromatic heterocycles. The minimum absolute atomic E-state index is 0.00893. The van der Waals surface area contributed by atoms with Crippen LogP contribution >= 0.6 is 0 Å². The maximum atomic E-state index is 11.5. The van der Waals surface area contributed by atoms with Crippen LogP contribution in [0.2, 0.25) is 0 Å². The molecule has 82 valence electrons. The number of piperidine rings is 1. The second-order valence-electron chi connectivity index (χ2n) is 3.62. The van der Waals surface area contributed by atoms with Crippen LogP contribution in [0.5, 0.6) is 0 Å². The molecule has 0 bridgehead atoms. The summed E-state index contributed by atoms with van der Waals surface area (Å²) in [5.41, 5.74) is 0. The molecule has 1 rings (SSSR count). The molecule has 4 N–H and O–H groups in total. The van der Waals surface area contributed by atoms with Gasteiger partial charge in [-0.3, -0.25) is 4.79 Å². The first-order valence-corrected chi connectivity index (χ1v) is 5.01. The molecule has 5 heteroatoms. The molecular weight excluding hydrogens is 184 g/mol. The number of carbonyl (C=O) groups is 1. The minimum atomic E-state index is -0.851. The molecule has 0 saturated carbocycles. The van der Waals surface area contributed by atoms with Crippen LogP contribution in [0.25, 0.3) is 0 Å². The number of nitrogens with one attached hydrogen (secondary N) is 2. The fourth-order valence-corrected chi connectivity index (χ4v) is 1.50. The molecule has 0 aromatic carbocycles. The maximum Gasteiger partial charge on any atom is 0.224 e. The van der Waals surface area contributed by atoms with Gasteiger partial charge >= 0.3 is 0 Å². The molecule has 1 saturated heterocycles. The van der Waals surface area contributed by atoms with E-state index in [0.717, 1.165) is 19.4 Å². The first kappa shape index (κ1) is 11.4. The van der Waals surface area contributed by atoms with Crippen LogP contribution in [-0.2, 0) is 4.79 Å². The number of aliphatic hydroxyl groups excluding tert-OH is 2. The van der Waals surface area contributed by atoms with Gasteiger partial charge in [-0.15, -0.1) is 0 Å². The third kappa shape index (κ3) is 3.61. The number of hydrogen-bond acceptors (Lipinski definition) is 4. The van der Waals surface area contributed by atoms with Crippen molar-refractivity contribution < 1.29 is 15.0 Å². The predicted molar refractivity (Wildman–Crippen MR) is 51.7 cm³/mol. The van der Waals surface area contributed by atoms with Gasteiger partial charge in [-0.25, -0.2) is 0 Å². The van der Waals surface area contributed by atoms with Gasteiger partial charge in [0.25, 0.3) is 0 Å². The van der Waals surface area contributed by atoms with Gasteiger partial charge in [0, 0.05) is 13.1 Å². The van der Waals surface area contributed by atoms with Crippen molar-refractivity contribution >= 4 is 5.91 Å². The highest BCUT2D eigenvalue weighted by atomic mass is 16.3. The van der Waals surface area contributed by atoms with E-state index in [4.69, 9.17) is 10.2 Å². The van der Waals surface area contributed by atoms with Crippen molar-refractivity contribution in [2.75, 3.05) is 26.2 Å². The van der Waals surface area contributed by atoms with Crippen LogP contribution in [0, 0.1) is 5.92 Å². The summed E-state index contributed by atoms with van der Waals surface area (Å²) in [5, 5.41) is 23.3. The van der Waals surface area contributed by atoms with Crippen LogP contribution < -0.4 is 10.6 Å². The molecular formula is C9H18N2O3. The van der Waals surface area contributed by atoms with E-state index in [9.17, 15) is 4.79 Å². The Bertz CT molecular complexity index is 181. The van der Waals surface area contributed by atoms with Crippen LogP contribution in [0.3, 0.4) is 0 Å². The van der Waals surface area contributed by atoms with Gasteiger partial charge in [0.15, 0.2) is 0 Å². The van der Waals surface area contributed by atoms with Crippen molar-refractivity contribution in [3.63, 3.8) is 0 Å². The highest BCUT2D eigenvalue weighted by Gasteiger charge is 2.20. The Hall–Kier alpha value is -0.650. The minimum Gasteiger partial charge on any atom is -0.394 e. The standard InChI is InChI=1S/C9H18N2O3/c12-6-8(13)5-11-9(14)7-2-1-3-10-4-7/h7-8,10,12-13H,1-6H2,(H,11,14). The highest BCUT2D eigenvalue weighted by molar-refractivity contribution is 5.78. The lowest BCUT2D eigenvalue weighted by Gasteiger charge is -2.22. The molecule has 0 spiro atoms. The summed E-state index contributed by atoms with van der Waals surface area (Å²) < 4.78 is 0. The lowest BCUT2D eigenvalue weighted by atomic mass is 9.99. The summed E-state index contributed by atoms with van der Waals surface area (Å²) >= 11 is 0. The number of rotatable bonds is 4. The Labute approximate surface area is 83.5 Å². The Morgan fingerprint density at radius 3 is 3.00 bits per heavy atom. The van der Waals surface area contributed by atoms with Crippen LogP contribution in [0.1, 0.15) is 12.8 Å². The van der Waals surface area contributed by atoms with E-state index in [1.165, 1.54) is 0 Å². The number of hydrogen-bond donors (Lipinski definition) is 4. The topological polar surface area (TPSA) is 81.6 Å². The van der Waals surface area contributed by atoms with Gasteiger partial charge in [0.1, 0.15) is 0 Å². The molecule has 1 aliphatic heterocycles. The Balaban J connectivity index is 2.19. The Kier molecular flexibility index (Phi) is 4.86. The molecule has 1 heterocycles. The molecule has 0 aromatic rings. The fourth-order valence-electron chi connectivity index (χ4n) is 1.50. The summed E-state index contributed by atoms with van der Waals surface area (Å²) in [4.78, 5) is 11.5. The second kappa shape index (κ2) is 5.95. The number of carbonyl (C=O) groups excluding carboxylic acids is 1. The van der Waals surface area contributed by atoms with E-state index >= 15 is 0 Å². The molecule has 14 heavy (non-hydrogen) atoms.